The first-order valence-electron chi connectivity index (χ1n) is 8.64. The van der Waals surface area contributed by atoms with E-state index in [1.807, 2.05) is 13.8 Å². The highest BCUT2D eigenvalue weighted by Crippen LogP contribution is 2.45. The highest BCUT2D eigenvalue weighted by molar-refractivity contribution is 5.70. The van der Waals surface area contributed by atoms with Crippen molar-refractivity contribution >= 4 is 6.09 Å². The summed E-state index contributed by atoms with van der Waals surface area (Å²) in [6.45, 7) is 9.39. The molecule has 0 spiro atoms. The normalized spacial score (nSPS) is 24.8. The Balaban J connectivity index is 1.97. The van der Waals surface area contributed by atoms with Crippen LogP contribution < -0.4 is 0 Å². The van der Waals surface area contributed by atoms with Crippen molar-refractivity contribution in [2.24, 2.45) is 0 Å². The Morgan fingerprint density at radius 3 is 2.50 bits per heavy atom. The number of rotatable bonds is 0. The summed E-state index contributed by atoms with van der Waals surface area (Å²) in [5.74, 6) is 0. The summed E-state index contributed by atoms with van der Waals surface area (Å²) in [6, 6.07) is 3.25. The third-order valence-corrected chi connectivity index (χ3v) is 4.55. The summed E-state index contributed by atoms with van der Waals surface area (Å²) in [7, 11) is 0. The standard InChI is InChI=1S/C19H24F3NO3/c1-17(2,3)26-16(24)23-10-18(4,5)25-14-9-11-8-12(19(20,21)22)6-7-13(11)15(14)23/h6-8,14-15H,9-10H2,1-5H3/t14-,15+/m1/s1. The third-order valence-electron chi connectivity index (χ3n) is 4.55. The second-order valence-corrected chi connectivity index (χ2v) is 8.58. The molecule has 0 saturated carbocycles. The number of benzene rings is 1. The van der Waals surface area contributed by atoms with Crippen LogP contribution in [0.1, 0.15) is 57.4 Å². The number of fused-ring (bicyclic) bond motifs is 3. The van der Waals surface area contributed by atoms with Crippen LogP contribution in [0.15, 0.2) is 18.2 Å². The Bertz CT molecular complexity index is 722. The van der Waals surface area contributed by atoms with Crippen LogP contribution in [0.25, 0.3) is 0 Å². The van der Waals surface area contributed by atoms with Crippen molar-refractivity contribution < 1.29 is 27.4 Å². The van der Waals surface area contributed by atoms with E-state index in [0.29, 0.717) is 24.1 Å². The van der Waals surface area contributed by atoms with Crippen LogP contribution >= 0.6 is 0 Å². The molecule has 144 valence electrons. The summed E-state index contributed by atoms with van der Waals surface area (Å²) >= 11 is 0. The first-order chi connectivity index (χ1) is 11.8. The molecule has 1 fully saturated rings. The van der Waals surface area contributed by atoms with Crippen LogP contribution in [0.3, 0.4) is 0 Å². The van der Waals surface area contributed by atoms with Crippen LogP contribution in [-0.4, -0.2) is 34.8 Å². The maximum atomic E-state index is 13.0. The smallest absolute Gasteiger partial charge is 0.416 e. The molecule has 26 heavy (non-hydrogen) atoms. The zero-order valence-corrected chi connectivity index (χ0v) is 15.6. The maximum Gasteiger partial charge on any atom is 0.416 e. The Labute approximate surface area is 151 Å². The minimum Gasteiger partial charge on any atom is -0.444 e. The van der Waals surface area contributed by atoms with Crippen LogP contribution in [0.5, 0.6) is 0 Å². The molecule has 1 aliphatic carbocycles. The molecular formula is C19H24F3NO3. The molecule has 7 heteroatoms. The van der Waals surface area contributed by atoms with Crippen molar-refractivity contribution in [1.82, 2.24) is 4.90 Å². The topological polar surface area (TPSA) is 38.8 Å². The van der Waals surface area contributed by atoms with E-state index < -0.39 is 35.1 Å². The molecule has 0 N–H and O–H groups in total. The zero-order chi connectivity index (χ0) is 19.5. The predicted octanol–water partition coefficient (Wildman–Crippen LogP) is 4.72. The van der Waals surface area contributed by atoms with Crippen molar-refractivity contribution in [2.45, 2.75) is 70.6 Å². The van der Waals surface area contributed by atoms with Gasteiger partial charge in [0.1, 0.15) is 5.60 Å². The van der Waals surface area contributed by atoms with Gasteiger partial charge in [-0.05, 0) is 57.9 Å². The Morgan fingerprint density at radius 2 is 1.92 bits per heavy atom. The van der Waals surface area contributed by atoms with E-state index in [4.69, 9.17) is 9.47 Å². The summed E-state index contributed by atoms with van der Waals surface area (Å²) < 4.78 is 50.7. The number of ether oxygens (including phenoxy) is 2. The van der Waals surface area contributed by atoms with E-state index in [1.54, 1.807) is 25.7 Å². The van der Waals surface area contributed by atoms with E-state index in [9.17, 15) is 18.0 Å². The molecular weight excluding hydrogens is 347 g/mol. The average molecular weight is 371 g/mol. The van der Waals surface area contributed by atoms with Gasteiger partial charge in [0.2, 0.25) is 0 Å². The van der Waals surface area contributed by atoms with Gasteiger partial charge in [0.15, 0.2) is 0 Å². The fraction of sp³-hybridized carbons (Fsp3) is 0.632. The maximum absolute atomic E-state index is 13.0. The van der Waals surface area contributed by atoms with Crippen molar-refractivity contribution in [3.8, 4) is 0 Å². The molecule has 2 aliphatic rings. The fourth-order valence-corrected chi connectivity index (χ4v) is 3.71. The molecule has 3 rings (SSSR count). The molecule has 1 aromatic carbocycles. The molecule has 1 aromatic rings. The number of hydrogen-bond acceptors (Lipinski definition) is 3. The van der Waals surface area contributed by atoms with Crippen LogP contribution in [0.2, 0.25) is 0 Å². The van der Waals surface area contributed by atoms with Crippen molar-refractivity contribution in [3.05, 3.63) is 34.9 Å². The van der Waals surface area contributed by atoms with Gasteiger partial charge in [-0.25, -0.2) is 4.79 Å². The lowest BCUT2D eigenvalue weighted by Gasteiger charge is -2.46. The van der Waals surface area contributed by atoms with Gasteiger partial charge in [-0.15, -0.1) is 0 Å². The predicted molar refractivity (Wildman–Crippen MR) is 89.8 cm³/mol. The van der Waals surface area contributed by atoms with Crippen molar-refractivity contribution in [2.75, 3.05) is 6.54 Å². The van der Waals surface area contributed by atoms with E-state index in [-0.39, 0.29) is 6.10 Å². The van der Waals surface area contributed by atoms with E-state index >= 15 is 0 Å². The first kappa shape index (κ1) is 19.0. The Kier molecular flexibility index (Phi) is 4.30. The Hall–Kier alpha value is -1.76. The fourth-order valence-electron chi connectivity index (χ4n) is 3.71. The highest BCUT2D eigenvalue weighted by atomic mass is 19.4. The second-order valence-electron chi connectivity index (χ2n) is 8.58. The lowest BCUT2D eigenvalue weighted by Crippen LogP contribution is -2.56. The summed E-state index contributed by atoms with van der Waals surface area (Å²) in [5.41, 5.74) is -0.674. The zero-order valence-electron chi connectivity index (χ0n) is 15.6. The van der Waals surface area contributed by atoms with Crippen molar-refractivity contribution in [3.63, 3.8) is 0 Å². The molecule has 4 nitrogen and oxygen atoms in total. The minimum atomic E-state index is -4.40. The molecule has 2 atom stereocenters. The van der Waals surface area contributed by atoms with Gasteiger partial charge < -0.3 is 9.47 Å². The minimum absolute atomic E-state index is 0.309. The lowest BCUT2D eigenvalue weighted by molar-refractivity contribution is -0.155. The van der Waals surface area contributed by atoms with Crippen molar-refractivity contribution in [1.29, 1.82) is 0 Å². The van der Waals surface area contributed by atoms with Gasteiger partial charge in [-0.3, -0.25) is 4.90 Å². The highest BCUT2D eigenvalue weighted by Gasteiger charge is 2.49. The van der Waals surface area contributed by atoms with Crippen LogP contribution in [0, 0.1) is 0 Å². The van der Waals surface area contributed by atoms with Gasteiger partial charge in [-0.1, -0.05) is 6.07 Å². The van der Waals surface area contributed by atoms with Crippen LogP contribution in [0.4, 0.5) is 18.0 Å². The third kappa shape index (κ3) is 3.68. The first-order valence-corrected chi connectivity index (χ1v) is 8.64. The molecule has 0 radical (unpaired) electrons. The van der Waals surface area contributed by atoms with Gasteiger partial charge in [0, 0.05) is 6.42 Å². The molecule has 0 bridgehead atoms. The number of alkyl halides is 3. The molecule has 0 aromatic heterocycles. The number of carbonyl (C=O) groups excluding carboxylic acids is 1. The molecule has 1 saturated heterocycles. The number of amides is 1. The molecule has 1 aliphatic heterocycles. The quantitative estimate of drug-likeness (QED) is 0.663. The SMILES string of the molecule is CC(C)(C)OC(=O)N1CC(C)(C)O[C@@H]2Cc3cc(C(F)(F)F)ccc3[C@@H]21. The summed E-state index contributed by atoms with van der Waals surface area (Å²) in [6.07, 6.45) is -4.91. The number of hydrogen-bond donors (Lipinski definition) is 0. The molecule has 0 unspecified atom stereocenters. The average Bonchev–Trinajstić information content (AvgIpc) is 2.78. The van der Waals surface area contributed by atoms with Gasteiger partial charge >= 0.3 is 12.3 Å². The number of halogens is 3. The number of carbonyl (C=O) groups is 1. The second kappa shape index (κ2) is 5.87. The molecule has 1 amide bonds. The van der Waals surface area contributed by atoms with Gasteiger partial charge in [0.25, 0.3) is 0 Å². The molecule has 1 heterocycles. The number of morpholine rings is 1. The van der Waals surface area contributed by atoms with Crippen LogP contribution in [-0.2, 0) is 22.1 Å². The van der Waals surface area contributed by atoms with E-state index in [0.717, 1.165) is 12.1 Å². The number of nitrogens with zero attached hydrogens (tertiary/aromatic N) is 1. The van der Waals surface area contributed by atoms with E-state index in [1.165, 1.54) is 6.07 Å². The summed E-state index contributed by atoms with van der Waals surface area (Å²) in [5, 5.41) is 0. The van der Waals surface area contributed by atoms with E-state index in [2.05, 4.69) is 0 Å². The largest absolute Gasteiger partial charge is 0.444 e. The summed E-state index contributed by atoms with van der Waals surface area (Å²) in [4.78, 5) is 14.3. The monoisotopic (exact) mass is 371 g/mol. The van der Waals surface area contributed by atoms with Gasteiger partial charge in [0.05, 0.1) is 29.9 Å². The Morgan fingerprint density at radius 1 is 1.27 bits per heavy atom. The van der Waals surface area contributed by atoms with Gasteiger partial charge in [-0.2, -0.15) is 13.2 Å². The lowest BCUT2D eigenvalue weighted by atomic mass is 9.98.